The minimum atomic E-state index is -0.433. The average Bonchev–Trinajstić information content (AvgIpc) is 2.98. The number of hydrogen-bond acceptors (Lipinski definition) is 6. The lowest BCUT2D eigenvalue weighted by Gasteiger charge is -2.25. The highest BCUT2D eigenvalue weighted by Crippen LogP contribution is 2.14. The molecule has 8 heteroatoms. The van der Waals surface area contributed by atoms with Gasteiger partial charge < -0.3 is 19.3 Å². The maximum absolute atomic E-state index is 12.3. The molecule has 1 aromatic heterocycles. The van der Waals surface area contributed by atoms with Crippen molar-refractivity contribution in [3.63, 3.8) is 0 Å². The highest BCUT2D eigenvalue weighted by molar-refractivity contribution is 7.09. The van der Waals surface area contributed by atoms with Crippen LogP contribution in [0.3, 0.4) is 0 Å². The molecule has 1 aromatic rings. The van der Waals surface area contributed by atoms with E-state index in [0.29, 0.717) is 43.6 Å². The van der Waals surface area contributed by atoms with E-state index in [-0.39, 0.29) is 6.03 Å². The summed E-state index contributed by atoms with van der Waals surface area (Å²) in [5.41, 5.74) is 0.290. The number of amides is 2. The van der Waals surface area contributed by atoms with E-state index >= 15 is 0 Å². The van der Waals surface area contributed by atoms with Crippen LogP contribution in [0.1, 0.15) is 35.8 Å². The second kappa shape index (κ2) is 10.2. The van der Waals surface area contributed by atoms with Gasteiger partial charge in [0.2, 0.25) is 0 Å². The molecule has 0 fully saturated rings. The normalized spacial score (nSPS) is 10.4. The Balaban J connectivity index is 2.68. The summed E-state index contributed by atoms with van der Waals surface area (Å²) in [4.78, 5) is 31.4. The Bertz CT molecular complexity index is 505. The number of hydrogen-bond donors (Lipinski definition) is 0. The topological polar surface area (TPSA) is 72.0 Å². The predicted octanol–water partition coefficient (Wildman–Crippen LogP) is 2.23. The summed E-state index contributed by atoms with van der Waals surface area (Å²) in [5, 5.41) is 2.37. The lowest BCUT2D eigenvalue weighted by Crippen LogP contribution is -2.39. The molecule has 0 spiro atoms. The van der Waals surface area contributed by atoms with E-state index in [9.17, 15) is 9.59 Å². The lowest BCUT2D eigenvalue weighted by molar-refractivity contribution is 0.0520. The summed E-state index contributed by atoms with van der Waals surface area (Å²) < 4.78 is 10.2. The van der Waals surface area contributed by atoms with Gasteiger partial charge in [-0.05, 0) is 20.3 Å². The largest absolute Gasteiger partial charge is 0.461 e. The van der Waals surface area contributed by atoms with Gasteiger partial charge in [-0.2, -0.15) is 0 Å². The van der Waals surface area contributed by atoms with Gasteiger partial charge in [0.25, 0.3) is 0 Å². The van der Waals surface area contributed by atoms with E-state index in [1.807, 2.05) is 6.92 Å². The van der Waals surface area contributed by atoms with Gasteiger partial charge in [0.1, 0.15) is 5.01 Å². The molecule has 0 aliphatic rings. The second-order valence-corrected chi connectivity index (χ2v) is 5.94. The van der Waals surface area contributed by atoms with Gasteiger partial charge in [-0.25, -0.2) is 14.6 Å². The molecule has 0 aliphatic carbocycles. The molecule has 2 amide bonds. The highest BCUT2D eigenvalue weighted by atomic mass is 32.1. The van der Waals surface area contributed by atoms with Crippen molar-refractivity contribution in [2.75, 3.05) is 40.5 Å². The van der Waals surface area contributed by atoms with Gasteiger partial charge in [-0.15, -0.1) is 11.3 Å². The van der Waals surface area contributed by atoms with Crippen molar-refractivity contribution in [1.82, 2.24) is 14.8 Å². The predicted molar refractivity (Wildman–Crippen MR) is 88.7 cm³/mol. The molecule has 1 heterocycles. The molecule has 0 atom stereocenters. The number of urea groups is 1. The van der Waals surface area contributed by atoms with E-state index in [0.717, 1.165) is 6.42 Å². The number of rotatable bonds is 9. The molecule has 7 nitrogen and oxygen atoms in total. The van der Waals surface area contributed by atoms with Crippen molar-refractivity contribution in [2.24, 2.45) is 0 Å². The van der Waals surface area contributed by atoms with Crippen molar-refractivity contribution >= 4 is 23.3 Å². The van der Waals surface area contributed by atoms with E-state index in [1.54, 1.807) is 31.3 Å². The van der Waals surface area contributed by atoms with Crippen molar-refractivity contribution < 1.29 is 19.1 Å². The molecule has 0 saturated carbocycles. The fraction of sp³-hybridized carbons (Fsp3) is 0.667. The molecule has 130 valence electrons. The molecular weight excluding hydrogens is 318 g/mol. The summed E-state index contributed by atoms with van der Waals surface area (Å²) in [5.74, 6) is -0.433. The standard InChI is InChI=1S/C15H25N3O4S/c1-5-21-9-7-8-18(15(20)17(3)4)10-13-16-12(11-23-13)14(19)22-6-2/h11H,5-10H2,1-4H3. The second-order valence-electron chi connectivity index (χ2n) is 5.00. The highest BCUT2D eigenvalue weighted by Gasteiger charge is 2.19. The smallest absolute Gasteiger partial charge is 0.357 e. The van der Waals surface area contributed by atoms with Crippen LogP contribution >= 0.6 is 11.3 Å². The number of esters is 1. The molecule has 0 bridgehead atoms. The molecule has 0 radical (unpaired) electrons. The maximum Gasteiger partial charge on any atom is 0.357 e. The van der Waals surface area contributed by atoms with Crippen LogP contribution in [0.2, 0.25) is 0 Å². The zero-order valence-corrected chi connectivity index (χ0v) is 15.0. The van der Waals surface area contributed by atoms with Gasteiger partial charge in [-0.3, -0.25) is 0 Å². The van der Waals surface area contributed by atoms with Crippen LogP contribution in [0.15, 0.2) is 5.38 Å². The first-order valence-corrected chi connectivity index (χ1v) is 8.53. The van der Waals surface area contributed by atoms with Gasteiger partial charge in [-0.1, -0.05) is 0 Å². The van der Waals surface area contributed by atoms with E-state index < -0.39 is 5.97 Å². The Labute approximate surface area is 141 Å². The average molecular weight is 343 g/mol. The van der Waals surface area contributed by atoms with Crippen LogP contribution in [0.4, 0.5) is 4.79 Å². The Morgan fingerprint density at radius 2 is 2.00 bits per heavy atom. The molecule has 23 heavy (non-hydrogen) atoms. The molecule has 0 saturated heterocycles. The molecule has 0 aliphatic heterocycles. The van der Waals surface area contributed by atoms with Gasteiger partial charge >= 0.3 is 12.0 Å². The monoisotopic (exact) mass is 343 g/mol. The summed E-state index contributed by atoms with van der Waals surface area (Å²) in [6.07, 6.45) is 0.754. The summed E-state index contributed by atoms with van der Waals surface area (Å²) in [6.45, 7) is 6.22. The Morgan fingerprint density at radius 1 is 1.26 bits per heavy atom. The van der Waals surface area contributed by atoms with E-state index in [1.165, 1.54) is 16.2 Å². The number of carbonyl (C=O) groups is 2. The molecule has 0 aromatic carbocycles. The molecule has 0 unspecified atom stereocenters. The molecule has 0 N–H and O–H groups in total. The third kappa shape index (κ3) is 6.54. The minimum absolute atomic E-state index is 0.0885. The summed E-state index contributed by atoms with van der Waals surface area (Å²) in [6, 6.07) is -0.0885. The first-order valence-electron chi connectivity index (χ1n) is 7.65. The SMILES string of the molecule is CCOCCCN(Cc1nc(C(=O)OCC)cs1)C(=O)N(C)C. The number of carbonyl (C=O) groups excluding carboxylic acids is 2. The van der Waals surface area contributed by atoms with E-state index in [2.05, 4.69) is 4.98 Å². The van der Waals surface area contributed by atoms with Crippen LogP contribution in [-0.2, 0) is 16.0 Å². The molecular formula is C15H25N3O4S. The zero-order valence-electron chi connectivity index (χ0n) is 14.2. The number of nitrogens with zero attached hydrogens (tertiary/aromatic N) is 3. The first-order chi connectivity index (χ1) is 11.0. The molecule has 1 rings (SSSR count). The van der Waals surface area contributed by atoms with Crippen molar-refractivity contribution in [1.29, 1.82) is 0 Å². The van der Waals surface area contributed by atoms with Crippen LogP contribution in [0.25, 0.3) is 0 Å². The zero-order chi connectivity index (χ0) is 17.2. The van der Waals surface area contributed by atoms with Crippen LogP contribution in [-0.4, -0.2) is 67.2 Å². The third-order valence-corrected chi connectivity index (χ3v) is 3.77. The van der Waals surface area contributed by atoms with Crippen LogP contribution in [0.5, 0.6) is 0 Å². The number of ether oxygens (including phenoxy) is 2. The maximum atomic E-state index is 12.3. The van der Waals surface area contributed by atoms with Gasteiger partial charge in [0.15, 0.2) is 5.69 Å². The third-order valence-electron chi connectivity index (χ3n) is 2.94. The van der Waals surface area contributed by atoms with Crippen LogP contribution < -0.4 is 0 Å². The quantitative estimate of drug-likeness (QED) is 0.508. The fourth-order valence-corrected chi connectivity index (χ4v) is 2.65. The van der Waals surface area contributed by atoms with Gasteiger partial charge in [0.05, 0.1) is 13.2 Å². The van der Waals surface area contributed by atoms with Crippen molar-refractivity contribution in [2.45, 2.75) is 26.8 Å². The Morgan fingerprint density at radius 3 is 2.61 bits per heavy atom. The number of aromatic nitrogens is 1. The summed E-state index contributed by atoms with van der Waals surface area (Å²) >= 11 is 1.35. The Hall–Kier alpha value is -1.67. The Kier molecular flexibility index (Phi) is 8.57. The van der Waals surface area contributed by atoms with E-state index in [4.69, 9.17) is 9.47 Å². The fourth-order valence-electron chi connectivity index (χ4n) is 1.87. The number of thiazole rings is 1. The lowest BCUT2D eigenvalue weighted by atomic mass is 10.4. The first kappa shape index (κ1) is 19.4. The van der Waals surface area contributed by atoms with Crippen molar-refractivity contribution in [3.8, 4) is 0 Å². The van der Waals surface area contributed by atoms with Crippen molar-refractivity contribution in [3.05, 3.63) is 16.1 Å². The summed E-state index contributed by atoms with van der Waals surface area (Å²) in [7, 11) is 3.42. The van der Waals surface area contributed by atoms with Gasteiger partial charge in [0, 0.05) is 39.2 Å². The minimum Gasteiger partial charge on any atom is -0.461 e. The van der Waals surface area contributed by atoms with Crippen LogP contribution in [0, 0.1) is 0 Å².